The fraction of sp³-hybridized carbons (Fsp3) is 0.917. The van der Waals surface area contributed by atoms with E-state index in [1.807, 2.05) is 13.8 Å². The Hall–Kier alpha value is -0.650. The zero-order valence-electron chi connectivity index (χ0n) is 10.9. The minimum absolute atomic E-state index is 0.0376. The lowest BCUT2D eigenvalue weighted by atomic mass is 10.1. The lowest BCUT2D eigenvalue weighted by Gasteiger charge is -2.38. The molecule has 3 atom stereocenters. The first-order valence-corrected chi connectivity index (χ1v) is 6.09. The van der Waals surface area contributed by atoms with Crippen molar-refractivity contribution in [2.75, 3.05) is 33.5 Å². The number of hydrogen-bond acceptors (Lipinski definition) is 4. The minimum Gasteiger partial charge on any atom is -0.394 e. The standard InChI is InChI=1S/C12H23NO4/c1-9(7-16-3)4-12(15)13-5-11(6-14)17-8-10(13)2/h9-11,14H,4-8H2,1-3H3. The maximum atomic E-state index is 12.1. The molecule has 0 bridgehead atoms. The number of amides is 1. The lowest BCUT2D eigenvalue weighted by molar-refractivity contribution is -0.147. The monoisotopic (exact) mass is 245 g/mol. The van der Waals surface area contributed by atoms with Crippen LogP contribution in [0.25, 0.3) is 0 Å². The lowest BCUT2D eigenvalue weighted by Crippen LogP contribution is -2.52. The molecule has 0 aromatic carbocycles. The van der Waals surface area contributed by atoms with Gasteiger partial charge in [-0.1, -0.05) is 6.92 Å². The van der Waals surface area contributed by atoms with Crippen LogP contribution in [0.4, 0.5) is 0 Å². The van der Waals surface area contributed by atoms with Crippen LogP contribution in [0, 0.1) is 5.92 Å². The molecular weight excluding hydrogens is 222 g/mol. The van der Waals surface area contributed by atoms with E-state index in [4.69, 9.17) is 14.6 Å². The Kier molecular flexibility index (Phi) is 5.88. The topological polar surface area (TPSA) is 59.0 Å². The second kappa shape index (κ2) is 6.93. The Balaban J connectivity index is 2.48. The number of nitrogens with zero attached hydrogens (tertiary/aromatic N) is 1. The van der Waals surface area contributed by atoms with E-state index in [1.165, 1.54) is 0 Å². The van der Waals surface area contributed by atoms with Crippen molar-refractivity contribution >= 4 is 5.91 Å². The molecule has 100 valence electrons. The summed E-state index contributed by atoms with van der Waals surface area (Å²) in [6.07, 6.45) is 0.240. The summed E-state index contributed by atoms with van der Waals surface area (Å²) >= 11 is 0. The molecule has 17 heavy (non-hydrogen) atoms. The van der Waals surface area contributed by atoms with Crippen LogP contribution in [0.5, 0.6) is 0 Å². The van der Waals surface area contributed by atoms with Gasteiger partial charge in [-0.05, 0) is 12.8 Å². The highest BCUT2D eigenvalue weighted by Crippen LogP contribution is 2.15. The Bertz CT molecular complexity index is 247. The molecule has 5 nitrogen and oxygen atoms in total. The summed E-state index contributed by atoms with van der Waals surface area (Å²) in [5.41, 5.74) is 0. The highest BCUT2D eigenvalue weighted by Gasteiger charge is 2.29. The summed E-state index contributed by atoms with van der Waals surface area (Å²) in [4.78, 5) is 13.9. The zero-order chi connectivity index (χ0) is 12.8. The first kappa shape index (κ1) is 14.4. The smallest absolute Gasteiger partial charge is 0.223 e. The molecule has 0 radical (unpaired) electrons. The molecule has 1 rings (SSSR count). The van der Waals surface area contributed by atoms with Gasteiger partial charge in [0.25, 0.3) is 0 Å². The number of rotatable bonds is 5. The van der Waals surface area contributed by atoms with Crippen molar-refractivity contribution in [2.24, 2.45) is 5.92 Å². The molecule has 0 aromatic heterocycles. The first-order chi connectivity index (χ1) is 8.08. The fourth-order valence-corrected chi connectivity index (χ4v) is 2.03. The van der Waals surface area contributed by atoms with E-state index in [0.717, 1.165) is 0 Å². The van der Waals surface area contributed by atoms with Crippen molar-refractivity contribution in [3.63, 3.8) is 0 Å². The SMILES string of the molecule is COCC(C)CC(=O)N1CC(CO)OCC1C. The van der Waals surface area contributed by atoms with E-state index < -0.39 is 0 Å². The molecule has 1 heterocycles. The molecule has 1 fully saturated rings. The van der Waals surface area contributed by atoms with Crippen LogP contribution in [-0.2, 0) is 14.3 Å². The number of aliphatic hydroxyl groups excluding tert-OH is 1. The fourth-order valence-electron chi connectivity index (χ4n) is 2.03. The summed E-state index contributed by atoms with van der Waals surface area (Å²) in [6.45, 7) is 5.49. The predicted molar refractivity (Wildman–Crippen MR) is 63.7 cm³/mol. The predicted octanol–water partition coefficient (Wildman–Crippen LogP) is 0.267. The van der Waals surface area contributed by atoms with Crippen LogP contribution in [0.3, 0.4) is 0 Å². The summed E-state index contributed by atoms with van der Waals surface area (Å²) < 4.78 is 10.4. The second-order valence-electron chi connectivity index (χ2n) is 4.80. The van der Waals surface area contributed by atoms with Gasteiger partial charge in [0.1, 0.15) is 0 Å². The van der Waals surface area contributed by atoms with Gasteiger partial charge in [0.05, 0.1) is 25.4 Å². The quantitative estimate of drug-likeness (QED) is 0.755. The van der Waals surface area contributed by atoms with E-state index in [0.29, 0.717) is 26.2 Å². The van der Waals surface area contributed by atoms with E-state index in [9.17, 15) is 4.79 Å². The summed E-state index contributed by atoms with van der Waals surface area (Å²) in [6, 6.07) is 0.0834. The summed E-state index contributed by atoms with van der Waals surface area (Å²) in [5, 5.41) is 9.06. The average molecular weight is 245 g/mol. The summed E-state index contributed by atoms with van der Waals surface area (Å²) in [7, 11) is 1.64. The number of aliphatic hydroxyl groups is 1. The molecule has 3 unspecified atom stereocenters. The minimum atomic E-state index is -0.243. The van der Waals surface area contributed by atoms with Crippen LogP contribution < -0.4 is 0 Å². The van der Waals surface area contributed by atoms with Crippen molar-refractivity contribution < 1.29 is 19.4 Å². The third kappa shape index (κ3) is 4.26. The van der Waals surface area contributed by atoms with Crippen LogP contribution in [0.1, 0.15) is 20.3 Å². The van der Waals surface area contributed by atoms with Gasteiger partial charge in [-0.2, -0.15) is 0 Å². The molecule has 1 saturated heterocycles. The first-order valence-electron chi connectivity index (χ1n) is 6.09. The highest BCUT2D eigenvalue weighted by molar-refractivity contribution is 5.76. The Morgan fingerprint density at radius 3 is 2.94 bits per heavy atom. The van der Waals surface area contributed by atoms with Gasteiger partial charge in [-0.25, -0.2) is 0 Å². The number of ether oxygens (including phenoxy) is 2. The van der Waals surface area contributed by atoms with E-state index in [-0.39, 0.29) is 30.6 Å². The number of methoxy groups -OCH3 is 1. The highest BCUT2D eigenvalue weighted by atomic mass is 16.5. The Morgan fingerprint density at radius 1 is 1.65 bits per heavy atom. The van der Waals surface area contributed by atoms with Crippen LogP contribution in [-0.4, -0.2) is 61.5 Å². The normalized spacial score (nSPS) is 26.9. The average Bonchev–Trinajstić information content (AvgIpc) is 2.29. The van der Waals surface area contributed by atoms with Gasteiger partial charge in [0, 0.05) is 26.7 Å². The van der Waals surface area contributed by atoms with Gasteiger partial charge in [-0.15, -0.1) is 0 Å². The second-order valence-corrected chi connectivity index (χ2v) is 4.80. The van der Waals surface area contributed by atoms with E-state index >= 15 is 0 Å². The molecule has 0 aromatic rings. The van der Waals surface area contributed by atoms with Crippen molar-refractivity contribution in [3.05, 3.63) is 0 Å². The Morgan fingerprint density at radius 2 is 2.35 bits per heavy atom. The molecule has 1 amide bonds. The number of carbonyl (C=O) groups excluding carboxylic acids is 1. The van der Waals surface area contributed by atoms with Crippen LogP contribution >= 0.6 is 0 Å². The van der Waals surface area contributed by atoms with Gasteiger partial charge in [0.15, 0.2) is 0 Å². The molecule has 1 aliphatic heterocycles. The molecule has 1 N–H and O–H groups in total. The molecule has 0 spiro atoms. The number of hydrogen-bond donors (Lipinski definition) is 1. The number of carbonyl (C=O) groups is 1. The van der Waals surface area contributed by atoms with Gasteiger partial charge in [0.2, 0.25) is 5.91 Å². The molecule has 1 aliphatic rings. The third-order valence-corrected chi connectivity index (χ3v) is 3.00. The van der Waals surface area contributed by atoms with Crippen molar-refractivity contribution in [3.8, 4) is 0 Å². The van der Waals surface area contributed by atoms with Crippen molar-refractivity contribution in [1.29, 1.82) is 0 Å². The van der Waals surface area contributed by atoms with Crippen molar-refractivity contribution in [2.45, 2.75) is 32.4 Å². The van der Waals surface area contributed by atoms with Crippen LogP contribution in [0.15, 0.2) is 0 Å². The molecular formula is C12H23NO4. The van der Waals surface area contributed by atoms with E-state index in [2.05, 4.69) is 0 Å². The molecule has 0 saturated carbocycles. The summed E-state index contributed by atoms with van der Waals surface area (Å²) in [5.74, 6) is 0.332. The van der Waals surface area contributed by atoms with Gasteiger partial charge >= 0.3 is 0 Å². The van der Waals surface area contributed by atoms with Crippen molar-refractivity contribution in [1.82, 2.24) is 4.90 Å². The van der Waals surface area contributed by atoms with Gasteiger partial charge in [-0.3, -0.25) is 4.79 Å². The maximum Gasteiger partial charge on any atom is 0.223 e. The zero-order valence-corrected chi connectivity index (χ0v) is 10.9. The maximum absolute atomic E-state index is 12.1. The third-order valence-electron chi connectivity index (χ3n) is 3.00. The largest absolute Gasteiger partial charge is 0.394 e. The van der Waals surface area contributed by atoms with Crippen LogP contribution in [0.2, 0.25) is 0 Å². The molecule has 5 heteroatoms. The Labute approximate surface area is 103 Å². The van der Waals surface area contributed by atoms with E-state index in [1.54, 1.807) is 12.0 Å². The molecule has 0 aliphatic carbocycles. The van der Waals surface area contributed by atoms with Gasteiger partial charge < -0.3 is 19.5 Å². The number of morpholine rings is 1.